The smallest absolute Gasteiger partial charge is 0.272 e. The summed E-state index contributed by atoms with van der Waals surface area (Å²) in [6.07, 6.45) is 1.87. The second-order valence-electron chi connectivity index (χ2n) is 6.31. The van der Waals surface area contributed by atoms with Crippen molar-refractivity contribution in [2.75, 3.05) is 32.7 Å². The van der Waals surface area contributed by atoms with E-state index in [1.54, 1.807) is 0 Å². The van der Waals surface area contributed by atoms with E-state index in [-0.39, 0.29) is 5.91 Å². The third-order valence-electron chi connectivity index (χ3n) is 5.10. The first-order chi connectivity index (χ1) is 11.3. The van der Waals surface area contributed by atoms with E-state index in [1.165, 1.54) is 11.1 Å². The van der Waals surface area contributed by atoms with Crippen molar-refractivity contribution in [1.29, 1.82) is 0 Å². The van der Waals surface area contributed by atoms with Crippen molar-refractivity contribution in [3.05, 3.63) is 41.1 Å². The summed E-state index contributed by atoms with van der Waals surface area (Å²) >= 11 is 0. The largest absolute Gasteiger partial charge is 0.335 e. The molecule has 1 aromatic carbocycles. The number of hydrogen-bond acceptors (Lipinski definition) is 3. The number of aryl methyl sites for hydroxylation is 1. The highest BCUT2D eigenvalue weighted by Gasteiger charge is 2.29. The fraction of sp³-hybridized carbons (Fsp3) is 0.444. The molecule has 1 amide bonds. The van der Waals surface area contributed by atoms with Gasteiger partial charge in [0, 0.05) is 37.3 Å². The van der Waals surface area contributed by atoms with Gasteiger partial charge in [-0.3, -0.25) is 9.89 Å². The first-order valence-corrected chi connectivity index (χ1v) is 8.45. The first kappa shape index (κ1) is 14.5. The van der Waals surface area contributed by atoms with Crippen LogP contribution in [0.2, 0.25) is 0 Å². The highest BCUT2D eigenvalue weighted by molar-refractivity contribution is 5.96. The second-order valence-corrected chi connectivity index (χ2v) is 6.31. The van der Waals surface area contributed by atoms with Crippen molar-refractivity contribution in [2.45, 2.75) is 19.8 Å². The van der Waals surface area contributed by atoms with Crippen LogP contribution in [-0.2, 0) is 12.8 Å². The van der Waals surface area contributed by atoms with Gasteiger partial charge in [-0.2, -0.15) is 5.10 Å². The number of carbonyl (C=O) groups is 1. The predicted octanol–water partition coefficient (Wildman–Crippen LogP) is 1.95. The number of hydrogen-bond donors (Lipinski definition) is 1. The molecule has 0 saturated carbocycles. The number of benzene rings is 1. The number of aromatic nitrogens is 2. The van der Waals surface area contributed by atoms with Crippen molar-refractivity contribution in [1.82, 2.24) is 20.0 Å². The molecule has 2 aliphatic rings. The summed E-state index contributed by atoms with van der Waals surface area (Å²) in [5, 5.41) is 7.49. The fourth-order valence-electron chi connectivity index (χ4n) is 3.66. The van der Waals surface area contributed by atoms with Crippen molar-refractivity contribution in [3.63, 3.8) is 0 Å². The summed E-state index contributed by atoms with van der Waals surface area (Å²) in [6.45, 7) is 6.75. The van der Waals surface area contributed by atoms with Crippen LogP contribution in [0.25, 0.3) is 11.3 Å². The van der Waals surface area contributed by atoms with Crippen LogP contribution in [0.15, 0.2) is 24.3 Å². The molecule has 1 aliphatic heterocycles. The Morgan fingerprint density at radius 1 is 1.17 bits per heavy atom. The Labute approximate surface area is 136 Å². The lowest BCUT2D eigenvalue weighted by Gasteiger charge is -2.34. The van der Waals surface area contributed by atoms with Crippen molar-refractivity contribution >= 4 is 5.91 Å². The fourth-order valence-corrected chi connectivity index (χ4v) is 3.66. The molecule has 120 valence electrons. The standard InChI is InChI=1S/C18H22N4O/c1-2-21-9-11-22(12-10-21)18(23)17-15-8-7-13-5-3-4-6-14(13)16(15)19-20-17/h3-6H,2,7-12H2,1H3,(H,19,20). The zero-order valence-corrected chi connectivity index (χ0v) is 13.5. The lowest BCUT2D eigenvalue weighted by atomic mass is 9.89. The molecule has 1 N–H and O–H groups in total. The summed E-state index contributed by atoms with van der Waals surface area (Å²) in [4.78, 5) is 17.2. The molecular formula is C18H22N4O. The highest BCUT2D eigenvalue weighted by atomic mass is 16.2. The van der Waals surface area contributed by atoms with Crippen molar-refractivity contribution in [3.8, 4) is 11.3 Å². The lowest BCUT2D eigenvalue weighted by molar-refractivity contribution is 0.0636. The van der Waals surface area contributed by atoms with Gasteiger partial charge in [-0.05, 0) is 24.9 Å². The molecule has 23 heavy (non-hydrogen) atoms. The molecule has 1 saturated heterocycles. The van der Waals surface area contributed by atoms with Gasteiger partial charge in [0.2, 0.25) is 0 Å². The van der Waals surface area contributed by atoms with Crippen LogP contribution in [0.4, 0.5) is 0 Å². The number of carbonyl (C=O) groups excluding carboxylic acids is 1. The lowest BCUT2D eigenvalue weighted by Crippen LogP contribution is -2.48. The van der Waals surface area contributed by atoms with Gasteiger partial charge in [0.1, 0.15) is 5.69 Å². The minimum absolute atomic E-state index is 0.105. The van der Waals surface area contributed by atoms with Gasteiger partial charge in [-0.1, -0.05) is 31.2 Å². The minimum atomic E-state index is 0.105. The zero-order valence-electron chi connectivity index (χ0n) is 13.5. The van der Waals surface area contributed by atoms with Gasteiger partial charge in [-0.25, -0.2) is 0 Å². The normalized spacial score (nSPS) is 17.7. The van der Waals surface area contributed by atoms with Crippen LogP contribution < -0.4 is 0 Å². The predicted molar refractivity (Wildman–Crippen MR) is 89.4 cm³/mol. The Morgan fingerprint density at radius 2 is 1.96 bits per heavy atom. The van der Waals surface area contributed by atoms with Crippen molar-refractivity contribution in [2.24, 2.45) is 0 Å². The van der Waals surface area contributed by atoms with Crippen LogP contribution >= 0.6 is 0 Å². The number of nitrogens with one attached hydrogen (secondary N) is 1. The molecule has 5 heteroatoms. The molecule has 0 bridgehead atoms. The van der Waals surface area contributed by atoms with Crippen molar-refractivity contribution < 1.29 is 4.79 Å². The first-order valence-electron chi connectivity index (χ1n) is 8.45. The van der Waals surface area contributed by atoms with E-state index in [4.69, 9.17) is 0 Å². The van der Waals surface area contributed by atoms with Crippen LogP contribution in [-0.4, -0.2) is 58.6 Å². The van der Waals surface area contributed by atoms with E-state index in [0.717, 1.165) is 56.8 Å². The number of fused-ring (bicyclic) bond motifs is 3. The van der Waals surface area contributed by atoms with Gasteiger partial charge >= 0.3 is 0 Å². The number of aromatic amines is 1. The summed E-state index contributed by atoms with van der Waals surface area (Å²) in [5.41, 5.74) is 5.23. The van der Waals surface area contributed by atoms with E-state index in [0.29, 0.717) is 5.69 Å². The molecule has 1 aliphatic carbocycles. The average Bonchev–Trinajstić information content (AvgIpc) is 3.05. The van der Waals surface area contributed by atoms with Gasteiger partial charge in [-0.15, -0.1) is 0 Å². The third-order valence-corrected chi connectivity index (χ3v) is 5.10. The van der Waals surface area contributed by atoms with E-state index in [9.17, 15) is 4.79 Å². The van der Waals surface area contributed by atoms with E-state index >= 15 is 0 Å². The average molecular weight is 310 g/mol. The quantitative estimate of drug-likeness (QED) is 0.922. The number of piperazine rings is 1. The topological polar surface area (TPSA) is 52.2 Å². The summed E-state index contributed by atoms with van der Waals surface area (Å²) in [5.74, 6) is 0.105. The molecule has 4 rings (SSSR count). The maximum absolute atomic E-state index is 12.9. The van der Waals surface area contributed by atoms with Crippen LogP contribution in [0, 0.1) is 0 Å². The monoisotopic (exact) mass is 310 g/mol. The molecule has 5 nitrogen and oxygen atoms in total. The number of nitrogens with zero attached hydrogens (tertiary/aromatic N) is 3. The highest BCUT2D eigenvalue weighted by Crippen LogP contribution is 2.33. The molecule has 1 fully saturated rings. The molecule has 0 atom stereocenters. The summed E-state index contributed by atoms with van der Waals surface area (Å²) < 4.78 is 0. The summed E-state index contributed by atoms with van der Waals surface area (Å²) in [6, 6.07) is 8.35. The van der Waals surface area contributed by atoms with Gasteiger partial charge in [0.25, 0.3) is 5.91 Å². The molecule has 0 spiro atoms. The molecule has 2 aromatic rings. The number of rotatable bonds is 2. The van der Waals surface area contributed by atoms with Crippen LogP contribution in [0.1, 0.15) is 28.5 Å². The minimum Gasteiger partial charge on any atom is -0.335 e. The van der Waals surface area contributed by atoms with Crippen LogP contribution in [0.3, 0.4) is 0 Å². The Hall–Kier alpha value is -2.14. The van der Waals surface area contributed by atoms with Gasteiger partial charge in [0.15, 0.2) is 0 Å². The van der Waals surface area contributed by atoms with E-state index < -0.39 is 0 Å². The van der Waals surface area contributed by atoms with Gasteiger partial charge < -0.3 is 9.80 Å². The number of amides is 1. The number of likely N-dealkylation sites (N-methyl/N-ethyl adjacent to an activating group) is 1. The summed E-state index contributed by atoms with van der Waals surface area (Å²) in [7, 11) is 0. The Balaban J connectivity index is 1.60. The Bertz CT molecular complexity index is 728. The third kappa shape index (κ3) is 2.45. The number of H-pyrrole nitrogens is 1. The molecule has 0 unspecified atom stereocenters. The zero-order chi connectivity index (χ0) is 15.8. The van der Waals surface area contributed by atoms with E-state index in [2.05, 4.69) is 40.2 Å². The van der Waals surface area contributed by atoms with Gasteiger partial charge in [0.05, 0.1) is 5.69 Å². The van der Waals surface area contributed by atoms with E-state index in [1.807, 2.05) is 11.0 Å². The maximum Gasteiger partial charge on any atom is 0.272 e. The molecular weight excluding hydrogens is 288 g/mol. The van der Waals surface area contributed by atoms with Crippen LogP contribution in [0.5, 0.6) is 0 Å². The Morgan fingerprint density at radius 3 is 2.74 bits per heavy atom. The SMILES string of the molecule is CCN1CCN(C(=O)c2[nH]nc3c2CCc2ccccc2-3)CC1. The second kappa shape index (κ2) is 5.81. The Kier molecular flexibility index (Phi) is 3.65. The maximum atomic E-state index is 12.9. The molecule has 0 radical (unpaired) electrons. The molecule has 2 heterocycles. The molecule has 1 aromatic heterocycles.